The van der Waals surface area contributed by atoms with Crippen molar-refractivity contribution in [1.29, 1.82) is 0 Å². The average Bonchev–Trinajstić information content (AvgIpc) is 3.09. The molecule has 0 bridgehead atoms. The summed E-state index contributed by atoms with van der Waals surface area (Å²) in [5.41, 5.74) is 4.18. The van der Waals surface area contributed by atoms with E-state index in [1.165, 1.54) is 24.4 Å². The van der Waals surface area contributed by atoms with E-state index >= 15 is 0 Å². The van der Waals surface area contributed by atoms with Gasteiger partial charge in [0, 0.05) is 11.6 Å². The summed E-state index contributed by atoms with van der Waals surface area (Å²) in [4.78, 5) is 16.1. The van der Waals surface area contributed by atoms with Crippen LogP contribution in [0.2, 0.25) is 0 Å². The summed E-state index contributed by atoms with van der Waals surface area (Å²) in [6.45, 7) is 3.39. The number of nitrogens with zero attached hydrogens (tertiary/aromatic N) is 2. The second-order valence-electron chi connectivity index (χ2n) is 8.11. The van der Waals surface area contributed by atoms with Gasteiger partial charge in [0.15, 0.2) is 0 Å². The number of halogens is 2. The lowest BCUT2D eigenvalue weighted by Crippen LogP contribution is -2.10. The van der Waals surface area contributed by atoms with Crippen LogP contribution in [0.4, 0.5) is 8.78 Å². The number of carboxylic acid groups (broad SMARTS) is 1. The molecule has 1 N–H and O–H groups in total. The average molecular weight is 410 g/mol. The molecule has 5 nitrogen and oxygen atoms in total. The van der Waals surface area contributed by atoms with Gasteiger partial charge in [0.2, 0.25) is 0 Å². The Morgan fingerprint density at radius 3 is 2.37 bits per heavy atom. The number of hydrogen-bond acceptors (Lipinski definition) is 3. The molecule has 0 saturated carbocycles. The number of aromatic carboxylic acids is 1. The Balaban J connectivity index is 1.97. The van der Waals surface area contributed by atoms with E-state index in [0.717, 1.165) is 11.1 Å². The highest BCUT2D eigenvalue weighted by Gasteiger charge is 2.18. The summed E-state index contributed by atoms with van der Waals surface area (Å²) in [6, 6.07) is 13.9. The smallest absolute Gasteiger partial charge is 0.387 e. The number of rotatable bonds is 4. The first kappa shape index (κ1) is 19.8. The molecule has 0 saturated heterocycles. The number of alkyl halides is 2. The molecule has 0 aliphatic heterocycles. The van der Waals surface area contributed by atoms with Crippen molar-refractivity contribution < 1.29 is 23.4 Å². The van der Waals surface area contributed by atoms with E-state index in [4.69, 9.17) is 0 Å². The number of carbonyl (C=O) groups is 1. The fourth-order valence-electron chi connectivity index (χ4n) is 3.46. The predicted molar refractivity (Wildman–Crippen MR) is 110 cm³/mol. The van der Waals surface area contributed by atoms with Gasteiger partial charge in [-0.05, 0) is 29.2 Å². The minimum atomic E-state index is -2.95. The molecule has 4 aromatic rings. The molecule has 30 heavy (non-hydrogen) atoms. The number of ether oxygens (including phenoxy) is 1. The zero-order valence-corrected chi connectivity index (χ0v) is 16.7. The molecule has 0 spiro atoms. The molecule has 7 heteroatoms. The Labute approximate surface area is 171 Å². The summed E-state index contributed by atoms with van der Waals surface area (Å²) < 4.78 is 31.8. The lowest BCUT2D eigenvalue weighted by molar-refractivity contribution is -0.0497. The largest absolute Gasteiger partial charge is 0.478 e. The fraction of sp³-hybridized carbons (Fsp3) is 0.217. The third kappa shape index (κ3) is 3.58. The molecule has 2 aromatic carbocycles. The van der Waals surface area contributed by atoms with Crippen LogP contribution in [-0.4, -0.2) is 27.1 Å². The van der Waals surface area contributed by atoms with Crippen LogP contribution in [0.3, 0.4) is 0 Å². The first-order valence-electron chi connectivity index (χ1n) is 9.38. The van der Waals surface area contributed by atoms with Crippen LogP contribution in [0.1, 0.15) is 36.7 Å². The SMILES string of the molecule is CC(C)(C)c1ccc(-c2nc3cc(C(=O)O)ccc3n3cc(OC(F)F)cc23)cc1. The molecule has 0 atom stereocenters. The minimum Gasteiger partial charge on any atom is -0.478 e. The van der Waals surface area contributed by atoms with E-state index in [9.17, 15) is 18.7 Å². The van der Waals surface area contributed by atoms with Gasteiger partial charge < -0.3 is 14.2 Å². The molecule has 0 fully saturated rings. The third-order valence-corrected chi connectivity index (χ3v) is 5.00. The van der Waals surface area contributed by atoms with Crippen LogP contribution >= 0.6 is 0 Å². The maximum atomic E-state index is 12.8. The molecule has 0 aliphatic rings. The third-order valence-electron chi connectivity index (χ3n) is 5.00. The van der Waals surface area contributed by atoms with Crippen LogP contribution in [0.5, 0.6) is 5.75 Å². The van der Waals surface area contributed by atoms with Crippen molar-refractivity contribution in [3.63, 3.8) is 0 Å². The molecule has 0 amide bonds. The molecule has 0 unspecified atom stereocenters. The number of aromatic nitrogens is 2. The number of benzene rings is 2. The number of hydrogen-bond donors (Lipinski definition) is 1. The van der Waals surface area contributed by atoms with Crippen molar-refractivity contribution in [3.8, 4) is 17.0 Å². The van der Waals surface area contributed by atoms with Crippen LogP contribution in [0.25, 0.3) is 27.8 Å². The maximum absolute atomic E-state index is 12.8. The summed E-state index contributed by atoms with van der Waals surface area (Å²) in [5, 5.41) is 9.32. The monoisotopic (exact) mass is 410 g/mol. The van der Waals surface area contributed by atoms with Gasteiger partial charge in [-0.15, -0.1) is 0 Å². The molecular weight excluding hydrogens is 390 g/mol. The lowest BCUT2D eigenvalue weighted by atomic mass is 9.86. The van der Waals surface area contributed by atoms with Crippen LogP contribution in [0.15, 0.2) is 54.7 Å². The van der Waals surface area contributed by atoms with Gasteiger partial charge in [0.1, 0.15) is 5.75 Å². The predicted octanol–water partition coefficient (Wildman–Crippen LogP) is 5.75. The van der Waals surface area contributed by atoms with Crippen molar-refractivity contribution >= 4 is 22.5 Å². The van der Waals surface area contributed by atoms with Gasteiger partial charge in [0.25, 0.3) is 0 Å². The first-order valence-corrected chi connectivity index (χ1v) is 9.38. The highest BCUT2D eigenvalue weighted by Crippen LogP contribution is 2.33. The van der Waals surface area contributed by atoms with Gasteiger partial charge >= 0.3 is 12.6 Å². The highest BCUT2D eigenvalue weighted by atomic mass is 19.3. The molecule has 0 aliphatic carbocycles. The van der Waals surface area contributed by atoms with E-state index in [0.29, 0.717) is 22.2 Å². The van der Waals surface area contributed by atoms with Crippen LogP contribution < -0.4 is 4.74 Å². The Kier molecular flexibility index (Phi) is 4.68. The minimum absolute atomic E-state index is 0.00849. The van der Waals surface area contributed by atoms with Crippen molar-refractivity contribution in [1.82, 2.24) is 9.38 Å². The zero-order chi connectivity index (χ0) is 21.6. The van der Waals surface area contributed by atoms with Crippen molar-refractivity contribution in [2.75, 3.05) is 0 Å². The second kappa shape index (κ2) is 7.09. The van der Waals surface area contributed by atoms with E-state index in [1.807, 2.05) is 24.3 Å². The molecule has 2 aromatic heterocycles. The zero-order valence-electron chi connectivity index (χ0n) is 16.7. The fourth-order valence-corrected chi connectivity index (χ4v) is 3.46. The first-order chi connectivity index (χ1) is 14.1. The number of carboxylic acids is 1. The van der Waals surface area contributed by atoms with E-state index < -0.39 is 12.6 Å². The van der Waals surface area contributed by atoms with Crippen molar-refractivity contribution in [3.05, 3.63) is 65.9 Å². The Hall–Kier alpha value is -3.48. The summed E-state index contributed by atoms with van der Waals surface area (Å²) in [5.74, 6) is -1.06. The maximum Gasteiger partial charge on any atom is 0.387 e. The molecular formula is C23H20F2N2O3. The standard InChI is InChI=1S/C23H20F2N2O3/c1-23(2,3)15-7-4-13(5-8-15)20-19-11-16(30-22(24)25)12-27(19)18-9-6-14(21(28)29)10-17(18)26-20/h4-12,22H,1-3H3,(H,28,29). The summed E-state index contributed by atoms with van der Waals surface area (Å²) in [6.07, 6.45) is 1.46. The quantitative estimate of drug-likeness (QED) is 0.465. The van der Waals surface area contributed by atoms with Crippen molar-refractivity contribution in [2.45, 2.75) is 32.8 Å². The molecule has 154 valence electrons. The summed E-state index contributed by atoms with van der Waals surface area (Å²) in [7, 11) is 0. The van der Waals surface area contributed by atoms with Crippen LogP contribution in [0, 0.1) is 0 Å². The Morgan fingerprint density at radius 2 is 1.77 bits per heavy atom. The van der Waals surface area contributed by atoms with Crippen LogP contribution in [-0.2, 0) is 5.41 Å². The lowest BCUT2D eigenvalue weighted by Gasteiger charge is -2.19. The van der Waals surface area contributed by atoms with E-state index in [-0.39, 0.29) is 16.7 Å². The molecule has 4 rings (SSSR count). The Morgan fingerprint density at radius 1 is 1.07 bits per heavy atom. The molecule has 0 radical (unpaired) electrons. The Bertz CT molecular complexity index is 1260. The van der Waals surface area contributed by atoms with Gasteiger partial charge in [-0.2, -0.15) is 8.78 Å². The normalized spacial score (nSPS) is 12.1. The van der Waals surface area contributed by atoms with Gasteiger partial charge in [-0.1, -0.05) is 45.0 Å². The van der Waals surface area contributed by atoms with E-state index in [1.54, 1.807) is 10.5 Å². The van der Waals surface area contributed by atoms with Gasteiger partial charge in [-0.25, -0.2) is 9.78 Å². The van der Waals surface area contributed by atoms with Gasteiger partial charge in [0.05, 0.1) is 34.0 Å². The van der Waals surface area contributed by atoms with E-state index in [2.05, 4.69) is 30.5 Å². The highest BCUT2D eigenvalue weighted by molar-refractivity contribution is 5.95. The van der Waals surface area contributed by atoms with Crippen molar-refractivity contribution in [2.24, 2.45) is 0 Å². The number of fused-ring (bicyclic) bond motifs is 3. The topological polar surface area (TPSA) is 63.8 Å². The second-order valence-corrected chi connectivity index (χ2v) is 8.11. The van der Waals surface area contributed by atoms with Gasteiger partial charge in [-0.3, -0.25) is 0 Å². The molecule has 2 heterocycles. The summed E-state index contributed by atoms with van der Waals surface area (Å²) >= 11 is 0.